The maximum absolute atomic E-state index is 12.5. The van der Waals surface area contributed by atoms with Crippen molar-refractivity contribution in [2.24, 2.45) is 5.92 Å². The van der Waals surface area contributed by atoms with Crippen molar-refractivity contribution in [3.8, 4) is 0 Å². The molecule has 2 aliphatic rings. The van der Waals surface area contributed by atoms with Gasteiger partial charge in [0.25, 0.3) is 5.69 Å². The van der Waals surface area contributed by atoms with Gasteiger partial charge < -0.3 is 4.90 Å². The number of carbonyl (C=O) groups excluding carboxylic acids is 1. The second-order valence-corrected chi connectivity index (χ2v) is 6.76. The summed E-state index contributed by atoms with van der Waals surface area (Å²) in [5.74, 6) is 0.906. The molecule has 0 bridgehead atoms. The summed E-state index contributed by atoms with van der Waals surface area (Å²) >= 11 is 0. The van der Waals surface area contributed by atoms with E-state index in [1.807, 2.05) is 0 Å². The van der Waals surface area contributed by atoms with Crippen molar-refractivity contribution < 1.29 is 9.72 Å². The quantitative estimate of drug-likeness (QED) is 0.603. The van der Waals surface area contributed by atoms with Crippen LogP contribution in [-0.4, -0.2) is 17.4 Å². The van der Waals surface area contributed by atoms with Crippen LogP contribution in [0.15, 0.2) is 18.2 Å². The zero-order chi connectivity index (χ0) is 16.2. The Labute approximate surface area is 136 Å². The topological polar surface area (TPSA) is 63.5 Å². The molecule has 3 rings (SSSR count). The van der Waals surface area contributed by atoms with Gasteiger partial charge >= 0.3 is 0 Å². The SMILES string of the molecule is O=C(CCCC1CCCCC1)N1CCc2ccc([N+](=O)[O-])cc21. The third-order valence-electron chi connectivity index (χ3n) is 5.20. The third-order valence-corrected chi connectivity index (χ3v) is 5.20. The zero-order valence-corrected chi connectivity index (χ0v) is 13.5. The van der Waals surface area contributed by atoms with Crippen molar-refractivity contribution in [3.05, 3.63) is 33.9 Å². The Bertz CT molecular complexity index is 594. The van der Waals surface area contributed by atoms with Crippen molar-refractivity contribution in [1.29, 1.82) is 0 Å². The van der Waals surface area contributed by atoms with Gasteiger partial charge in [-0.15, -0.1) is 0 Å². The zero-order valence-electron chi connectivity index (χ0n) is 13.5. The first-order valence-corrected chi connectivity index (χ1v) is 8.73. The molecule has 0 radical (unpaired) electrons. The Morgan fingerprint density at radius 1 is 1.26 bits per heavy atom. The minimum absolute atomic E-state index is 0.0608. The van der Waals surface area contributed by atoms with Crippen LogP contribution in [0.4, 0.5) is 11.4 Å². The lowest BCUT2D eigenvalue weighted by Gasteiger charge is -2.22. The summed E-state index contributed by atoms with van der Waals surface area (Å²) in [5, 5.41) is 10.9. The fourth-order valence-electron chi connectivity index (χ4n) is 3.89. The number of hydrogen-bond donors (Lipinski definition) is 0. The summed E-state index contributed by atoms with van der Waals surface area (Å²) in [6.07, 6.45) is 10.1. The average Bonchev–Trinajstić information content (AvgIpc) is 2.98. The Morgan fingerprint density at radius 3 is 2.78 bits per heavy atom. The number of hydrogen-bond acceptors (Lipinski definition) is 3. The highest BCUT2D eigenvalue weighted by atomic mass is 16.6. The smallest absolute Gasteiger partial charge is 0.271 e. The monoisotopic (exact) mass is 316 g/mol. The number of fused-ring (bicyclic) bond motifs is 1. The molecule has 1 aliphatic carbocycles. The number of amides is 1. The summed E-state index contributed by atoms with van der Waals surface area (Å²) in [5.41, 5.74) is 1.84. The summed E-state index contributed by atoms with van der Waals surface area (Å²) in [7, 11) is 0. The van der Waals surface area contributed by atoms with Gasteiger partial charge in [0.05, 0.1) is 10.6 Å². The van der Waals surface area contributed by atoms with E-state index in [0.29, 0.717) is 13.0 Å². The van der Waals surface area contributed by atoms with Gasteiger partial charge in [0.1, 0.15) is 0 Å². The molecule has 5 nitrogen and oxygen atoms in total. The predicted octanol–water partition coefficient (Wildman–Crippen LogP) is 4.23. The van der Waals surface area contributed by atoms with Gasteiger partial charge in [0.15, 0.2) is 0 Å². The van der Waals surface area contributed by atoms with Gasteiger partial charge in [-0.3, -0.25) is 14.9 Å². The van der Waals surface area contributed by atoms with Crippen molar-refractivity contribution >= 4 is 17.3 Å². The van der Waals surface area contributed by atoms with Gasteiger partial charge in [-0.05, 0) is 30.7 Å². The van der Waals surface area contributed by atoms with Crippen molar-refractivity contribution in [2.45, 2.75) is 57.8 Å². The highest BCUT2D eigenvalue weighted by Crippen LogP contribution is 2.33. The molecule has 5 heteroatoms. The standard InChI is InChI=1S/C18H24N2O3/c21-18(8-4-7-14-5-2-1-3-6-14)19-12-11-15-9-10-16(20(22)23)13-17(15)19/h9-10,13-14H,1-8,11-12H2. The van der Waals surface area contributed by atoms with E-state index in [0.717, 1.165) is 36.4 Å². The summed E-state index contributed by atoms with van der Waals surface area (Å²) < 4.78 is 0. The number of carbonyl (C=O) groups is 1. The van der Waals surface area contributed by atoms with Crippen LogP contribution in [-0.2, 0) is 11.2 Å². The molecular weight excluding hydrogens is 292 g/mol. The van der Waals surface area contributed by atoms with Crippen molar-refractivity contribution in [2.75, 3.05) is 11.4 Å². The lowest BCUT2D eigenvalue weighted by Crippen LogP contribution is -2.28. The predicted molar refractivity (Wildman–Crippen MR) is 89.6 cm³/mol. The molecule has 0 unspecified atom stereocenters. The van der Waals surface area contributed by atoms with Crippen LogP contribution in [0.5, 0.6) is 0 Å². The van der Waals surface area contributed by atoms with Crippen LogP contribution >= 0.6 is 0 Å². The number of nitrogens with zero attached hydrogens (tertiary/aromatic N) is 2. The van der Waals surface area contributed by atoms with E-state index in [9.17, 15) is 14.9 Å². The summed E-state index contributed by atoms with van der Waals surface area (Å²) in [6, 6.07) is 4.85. The second kappa shape index (κ2) is 7.11. The van der Waals surface area contributed by atoms with Crippen molar-refractivity contribution in [3.63, 3.8) is 0 Å². The van der Waals surface area contributed by atoms with Crippen LogP contribution in [0.2, 0.25) is 0 Å². The molecule has 0 spiro atoms. The fourth-order valence-corrected chi connectivity index (χ4v) is 3.89. The largest absolute Gasteiger partial charge is 0.312 e. The highest BCUT2D eigenvalue weighted by Gasteiger charge is 2.26. The van der Waals surface area contributed by atoms with Crippen LogP contribution in [0.3, 0.4) is 0 Å². The van der Waals surface area contributed by atoms with Crippen LogP contribution < -0.4 is 4.90 Å². The third kappa shape index (κ3) is 3.71. The minimum Gasteiger partial charge on any atom is -0.312 e. The maximum Gasteiger partial charge on any atom is 0.271 e. The van der Waals surface area contributed by atoms with E-state index >= 15 is 0 Å². The number of non-ortho nitro benzene ring substituents is 1. The molecule has 1 aliphatic heterocycles. The van der Waals surface area contributed by atoms with Gasteiger partial charge in [-0.25, -0.2) is 0 Å². The number of rotatable bonds is 5. The highest BCUT2D eigenvalue weighted by molar-refractivity contribution is 5.95. The first-order chi connectivity index (χ1) is 11.1. The Hall–Kier alpha value is -1.91. The maximum atomic E-state index is 12.5. The molecule has 1 heterocycles. The fraction of sp³-hybridized carbons (Fsp3) is 0.611. The lowest BCUT2D eigenvalue weighted by atomic mass is 9.86. The van der Waals surface area contributed by atoms with Crippen LogP contribution in [0.25, 0.3) is 0 Å². The van der Waals surface area contributed by atoms with Crippen molar-refractivity contribution in [1.82, 2.24) is 0 Å². The van der Waals surface area contributed by atoms with E-state index in [4.69, 9.17) is 0 Å². The van der Waals surface area contributed by atoms with Crippen LogP contribution in [0.1, 0.15) is 56.9 Å². The molecule has 1 aromatic rings. The Kier molecular flexibility index (Phi) is 4.94. The molecule has 1 amide bonds. The first kappa shape index (κ1) is 16.0. The molecule has 1 fully saturated rings. The van der Waals surface area contributed by atoms with Gasteiger partial charge in [0, 0.05) is 25.1 Å². The molecule has 1 aromatic carbocycles. The van der Waals surface area contributed by atoms with E-state index in [1.54, 1.807) is 17.0 Å². The number of nitro benzene ring substituents is 1. The first-order valence-electron chi connectivity index (χ1n) is 8.73. The molecule has 0 saturated heterocycles. The van der Waals surface area contributed by atoms with E-state index in [-0.39, 0.29) is 11.6 Å². The van der Waals surface area contributed by atoms with Gasteiger partial charge in [-0.1, -0.05) is 38.2 Å². The number of nitro groups is 1. The molecule has 0 aromatic heterocycles. The molecule has 23 heavy (non-hydrogen) atoms. The normalized spacial score (nSPS) is 18.0. The summed E-state index contributed by atoms with van der Waals surface area (Å²) in [4.78, 5) is 24.8. The number of benzene rings is 1. The van der Waals surface area contributed by atoms with E-state index in [2.05, 4.69) is 0 Å². The average molecular weight is 316 g/mol. The molecule has 0 atom stereocenters. The molecule has 1 saturated carbocycles. The Balaban J connectivity index is 1.57. The second-order valence-electron chi connectivity index (χ2n) is 6.76. The van der Waals surface area contributed by atoms with Gasteiger partial charge in [0.2, 0.25) is 5.91 Å². The van der Waals surface area contributed by atoms with E-state index in [1.165, 1.54) is 38.2 Å². The number of anilines is 1. The van der Waals surface area contributed by atoms with Crippen LogP contribution in [0, 0.1) is 16.0 Å². The van der Waals surface area contributed by atoms with Gasteiger partial charge in [-0.2, -0.15) is 0 Å². The molecule has 124 valence electrons. The Morgan fingerprint density at radius 2 is 2.04 bits per heavy atom. The minimum atomic E-state index is -0.398. The van der Waals surface area contributed by atoms with E-state index < -0.39 is 4.92 Å². The molecule has 0 N–H and O–H groups in total. The molecular formula is C18H24N2O3. The summed E-state index contributed by atoms with van der Waals surface area (Å²) in [6.45, 7) is 0.652. The lowest BCUT2D eigenvalue weighted by molar-refractivity contribution is -0.384.